The molecule has 47 heavy (non-hydrogen) atoms. The van der Waals surface area contributed by atoms with Crippen LogP contribution < -0.4 is 0 Å². The van der Waals surface area contributed by atoms with Gasteiger partial charge in [-0.2, -0.15) is 0 Å². The van der Waals surface area contributed by atoms with Crippen LogP contribution in [0.3, 0.4) is 0 Å². The lowest BCUT2D eigenvalue weighted by Crippen LogP contribution is -2.44. The van der Waals surface area contributed by atoms with E-state index in [-0.39, 0.29) is 10.1 Å². The van der Waals surface area contributed by atoms with Gasteiger partial charge in [-0.05, 0) is 40.4 Å². The molecule has 0 radical (unpaired) electrons. The van der Waals surface area contributed by atoms with Crippen molar-refractivity contribution >= 4 is 78.2 Å². The maximum Gasteiger partial charge on any atom is 0.161 e. The molecule has 0 aliphatic carbocycles. The normalized spacial score (nSPS) is 13.8. The summed E-state index contributed by atoms with van der Waals surface area (Å²) < 4.78 is 16.3. The molecule has 0 aliphatic heterocycles. The molecule has 3 heterocycles. The molecule has 5 nitrogen and oxygen atoms in total. The third kappa shape index (κ3) is 6.88. The maximum atomic E-state index is 6.54. The fourth-order valence-corrected chi connectivity index (χ4v) is 11.3. The summed E-state index contributed by atoms with van der Waals surface area (Å²) in [5.74, 6) is 0.961. The van der Waals surface area contributed by atoms with E-state index in [4.69, 9.17) is 9.72 Å². The largest absolute Gasteiger partial charge is 0.373 e. The van der Waals surface area contributed by atoms with Gasteiger partial charge in [0, 0.05) is 69.0 Å². The summed E-state index contributed by atoms with van der Waals surface area (Å²) in [5.41, 5.74) is 6.00. The van der Waals surface area contributed by atoms with E-state index in [1.165, 1.54) is 27.4 Å². The van der Waals surface area contributed by atoms with Gasteiger partial charge in [0.15, 0.2) is 16.5 Å². The summed E-state index contributed by atoms with van der Waals surface area (Å²) in [4.78, 5) is 5.24. The van der Waals surface area contributed by atoms with Crippen LogP contribution in [-0.4, -0.2) is 49.2 Å². The van der Waals surface area contributed by atoms with E-state index in [0.717, 1.165) is 38.7 Å². The highest BCUT2D eigenvalue weighted by Gasteiger charge is 2.40. The Morgan fingerprint density at radius 2 is 1.17 bits per heavy atom. The van der Waals surface area contributed by atoms with Gasteiger partial charge in [0.25, 0.3) is 0 Å². The molecule has 0 atom stereocenters. The Morgan fingerprint density at radius 1 is 0.702 bits per heavy atom. The highest BCUT2D eigenvalue weighted by Crippen LogP contribution is 2.45. The SMILES string of the molecule is CC(C)(C)[Si](C)(C)n1cc(-c2cnc(-c3cn([Si](C)(C)C(C)(C)C)c4cc(Br)ccc34)n2COCC[Si](C)(C)C)c2ccc(Br)cc21. The van der Waals surface area contributed by atoms with Gasteiger partial charge in [0.2, 0.25) is 0 Å². The van der Waals surface area contributed by atoms with E-state index in [2.05, 4.69) is 187 Å². The Bertz CT molecular complexity index is 1800. The second-order valence-electron chi connectivity index (χ2n) is 17.5. The number of halogens is 2. The number of ether oxygens (including phenoxy) is 1. The molecule has 0 aliphatic rings. The van der Waals surface area contributed by atoms with Gasteiger partial charge in [-0.15, -0.1) is 0 Å². The molecule has 5 rings (SSSR count). The number of rotatable bonds is 9. The maximum absolute atomic E-state index is 6.54. The summed E-state index contributed by atoms with van der Waals surface area (Å²) >= 11 is 7.56. The lowest BCUT2D eigenvalue weighted by atomic mass is 10.1. The standard InChI is InChI=1S/C37H54Br2N4OSi3/c1-36(2,3)46(10,11)42-23-30(28-16-14-26(38)20-32(28)42)34-22-40-35(41(34)25-44-18-19-45(7,8)9)31-24-43(47(12,13)37(4,5)6)33-21-27(39)15-17-29(31)33/h14-17,20-24H,18-19,25H2,1-13H3. The van der Waals surface area contributed by atoms with Crippen molar-refractivity contribution in [3.8, 4) is 22.6 Å². The van der Waals surface area contributed by atoms with Crippen molar-refractivity contribution in [3.63, 3.8) is 0 Å². The molecule has 0 saturated carbocycles. The molecule has 3 aromatic heterocycles. The minimum Gasteiger partial charge on any atom is -0.373 e. The van der Waals surface area contributed by atoms with Crippen molar-refractivity contribution in [2.75, 3.05) is 6.61 Å². The minimum atomic E-state index is -1.96. The summed E-state index contributed by atoms with van der Waals surface area (Å²) in [6.07, 6.45) is 6.87. The van der Waals surface area contributed by atoms with Crippen LogP contribution in [0.15, 0.2) is 63.9 Å². The lowest BCUT2D eigenvalue weighted by molar-refractivity contribution is 0.0893. The fraction of sp³-hybridized carbons (Fsp3) is 0.486. The van der Waals surface area contributed by atoms with E-state index in [1.54, 1.807) is 0 Å². The van der Waals surface area contributed by atoms with Crippen LogP contribution in [0, 0.1) is 0 Å². The van der Waals surface area contributed by atoms with Gasteiger partial charge in [0.1, 0.15) is 12.6 Å². The van der Waals surface area contributed by atoms with E-state index in [0.29, 0.717) is 6.73 Å². The monoisotopic (exact) mass is 812 g/mol. The third-order valence-electron chi connectivity index (χ3n) is 11.0. The number of nitrogens with zero attached hydrogens (tertiary/aromatic N) is 4. The lowest BCUT2D eigenvalue weighted by Gasteiger charge is -2.38. The Labute approximate surface area is 302 Å². The third-order valence-corrected chi connectivity index (χ3v) is 24.2. The summed E-state index contributed by atoms with van der Waals surface area (Å²) in [6, 6.07) is 14.5. The molecule has 10 heteroatoms. The predicted octanol–water partition coefficient (Wildman–Crippen LogP) is 12.7. The quantitative estimate of drug-likeness (QED) is 0.110. The molecule has 0 saturated heterocycles. The molecule has 0 fully saturated rings. The van der Waals surface area contributed by atoms with E-state index in [1.807, 2.05) is 0 Å². The second kappa shape index (κ2) is 12.6. The first-order valence-corrected chi connectivity index (χ1v) is 28.0. The summed E-state index contributed by atoms with van der Waals surface area (Å²) in [6.45, 7) is 32.6. The molecular weight excluding hydrogens is 760 g/mol. The number of benzene rings is 2. The Balaban J connectivity index is 1.77. The number of aromatic nitrogens is 4. The summed E-state index contributed by atoms with van der Waals surface area (Å²) in [5, 5.41) is 2.81. The molecule has 2 aromatic carbocycles. The van der Waals surface area contributed by atoms with Gasteiger partial charge < -0.3 is 13.2 Å². The molecule has 254 valence electrons. The van der Waals surface area contributed by atoms with Gasteiger partial charge in [-0.1, -0.05) is 131 Å². The topological polar surface area (TPSA) is 36.9 Å². The zero-order valence-electron chi connectivity index (χ0n) is 30.8. The van der Waals surface area contributed by atoms with Crippen molar-refractivity contribution in [2.24, 2.45) is 0 Å². The van der Waals surface area contributed by atoms with Gasteiger partial charge in [0.05, 0.1) is 11.9 Å². The van der Waals surface area contributed by atoms with Crippen LogP contribution in [0.5, 0.6) is 0 Å². The molecule has 0 unspecified atom stereocenters. The highest BCUT2D eigenvalue weighted by molar-refractivity contribution is 9.10. The second-order valence-corrected chi connectivity index (χ2v) is 35.2. The van der Waals surface area contributed by atoms with Crippen molar-refractivity contribution in [3.05, 3.63) is 63.9 Å². The number of fused-ring (bicyclic) bond motifs is 2. The fourth-order valence-electron chi connectivity index (χ4n) is 5.90. The van der Waals surface area contributed by atoms with Crippen LogP contribution in [0.2, 0.25) is 61.9 Å². The van der Waals surface area contributed by atoms with Crippen molar-refractivity contribution < 1.29 is 4.74 Å². The van der Waals surface area contributed by atoms with Crippen LogP contribution >= 0.6 is 31.9 Å². The highest BCUT2D eigenvalue weighted by atomic mass is 79.9. The molecule has 0 N–H and O–H groups in total. The van der Waals surface area contributed by atoms with Gasteiger partial charge in [-0.25, -0.2) is 4.98 Å². The van der Waals surface area contributed by atoms with Gasteiger partial charge in [-0.3, -0.25) is 4.57 Å². The zero-order valence-corrected chi connectivity index (χ0v) is 36.9. The number of hydrogen-bond acceptors (Lipinski definition) is 2. The minimum absolute atomic E-state index is 0.166. The first-order chi connectivity index (χ1) is 21.5. The van der Waals surface area contributed by atoms with Crippen LogP contribution in [0.1, 0.15) is 41.5 Å². The predicted molar refractivity (Wildman–Crippen MR) is 219 cm³/mol. The van der Waals surface area contributed by atoms with Crippen LogP contribution in [0.25, 0.3) is 44.5 Å². The van der Waals surface area contributed by atoms with Crippen molar-refractivity contribution in [1.29, 1.82) is 0 Å². The zero-order chi connectivity index (χ0) is 34.9. The van der Waals surface area contributed by atoms with E-state index in [9.17, 15) is 0 Å². The van der Waals surface area contributed by atoms with Gasteiger partial charge >= 0.3 is 0 Å². The Morgan fingerprint density at radius 3 is 1.64 bits per heavy atom. The average molecular weight is 815 g/mol. The van der Waals surface area contributed by atoms with Crippen molar-refractivity contribution in [1.82, 2.24) is 18.0 Å². The average Bonchev–Trinajstić information content (AvgIpc) is 3.62. The van der Waals surface area contributed by atoms with Crippen LogP contribution in [0.4, 0.5) is 0 Å². The molecular formula is C37H54Br2N4OSi3. The number of hydrogen-bond donors (Lipinski definition) is 0. The van der Waals surface area contributed by atoms with Crippen LogP contribution in [-0.2, 0) is 11.5 Å². The summed E-state index contributed by atoms with van der Waals surface area (Å²) in [7, 11) is -5.15. The molecule has 5 aromatic rings. The van der Waals surface area contributed by atoms with E-state index >= 15 is 0 Å². The Kier molecular flexibility index (Phi) is 9.78. The van der Waals surface area contributed by atoms with Crippen molar-refractivity contribution in [2.45, 2.75) is 110 Å². The molecule has 0 bridgehead atoms. The Hall–Kier alpha value is -1.70. The van der Waals surface area contributed by atoms with E-state index < -0.39 is 24.5 Å². The molecule has 0 amide bonds. The first-order valence-electron chi connectivity index (χ1n) is 16.8. The first kappa shape index (κ1) is 36.6. The number of imidazole rings is 1. The molecule has 0 spiro atoms. The smallest absolute Gasteiger partial charge is 0.161 e.